The molecule has 5 nitrogen and oxygen atoms in total. The fourth-order valence-corrected chi connectivity index (χ4v) is 2.21. The summed E-state index contributed by atoms with van der Waals surface area (Å²) in [4.78, 5) is 37.1. The molecule has 132 valence electrons. The number of hydrogen-bond acceptors (Lipinski definition) is 4. The number of hydrogen-bond donors (Lipinski definition) is 0. The average Bonchev–Trinajstić information content (AvgIpc) is 2.56. The Bertz CT molecular complexity index is 593. The van der Waals surface area contributed by atoms with Gasteiger partial charge in [0.25, 0.3) is 0 Å². The molecular weight excluding hydrogens is 306 g/mol. The Morgan fingerprint density at radius 2 is 1.62 bits per heavy atom. The van der Waals surface area contributed by atoms with Gasteiger partial charge >= 0.3 is 5.97 Å². The van der Waals surface area contributed by atoms with Crippen molar-refractivity contribution in [2.24, 2.45) is 11.8 Å². The highest BCUT2D eigenvalue weighted by atomic mass is 16.5. The maximum absolute atomic E-state index is 12.2. The largest absolute Gasteiger partial charge is 0.461 e. The molecule has 5 heteroatoms. The summed E-state index contributed by atoms with van der Waals surface area (Å²) in [6, 6.07) is 7.33. The van der Waals surface area contributed by atoms with Crippen LogP contribution in [0.5, 0.6) is 0 Å². The number of ether oxygens (including phenoxy) is 1. The van der Waals surface area contributed by atoms with E-state index < -0.39 is 5.97 Å². The maximum atomic E-state index is 12.2. The van der Waals surface area contributed by atoms with E-state index in [9.17, 15) is 14.4 Å². The zero-order chi connectivity index (χ0) is 18.3. The molecule has 0 saturated carbocycles. The fraction of sp³-hybridized carbons (Fsp3) is 0.526. The van der Waals surface area contributed by atoms with E-state index >= 15 is 0 Å². The third-order valence-corrected chi connectivity index (χ3v) is 3.79. The van der Waals surface area contributed by atoms with Crippen molar-refractivity contribution < 1.29 is 19.1 Å². The maximum Gasteiger partial charge on any atom is 0.306 e. The molecule has 1 aromatic rings. The summed E-state index contributed by atoms with van der Waals surface area (Å²) >= 11 is 0. The smallest absolute Gasteiger partial charge is 0.306 e. The summed E-state index contributed by atoms with van der Waals surface area (Å²) in [6.07, 6.45) is 0.282. The quantitative estimate of drug-likeness (QED) is 0.684. The predicted molar refractivity (Wildman–Crippen MR) is 93.6 cm³/mol. The lowest BCUT2D eigenvalue weighted by Gasteiger charge is -2.22. The van der Waals surface area contributed by atoms with Gasteiger partial charge in [0.1, 0.15) is 12.4 Å². The zero-order valence-corrected chi connectivity index (χ0v) is 15.2. The van der Waals surface area contributed by atoms with Crippen LogP contribution in [-0.2, 0) is 25.7 Å². The minimum Gasteiger partial charge on any atom is -0.461 e. The number of rotatable bonds is 8. The SMILES string of the molecule is CC(C)C(=O)CCC(=O)OCc1ccccc1N(C)C(=O)C(C)C. The molecule has 0 radical (unpaired) electrons. The molecule has 24 heavy (non-hydrogen) atoms. The van der Waals surface area contributed by atoms with Crippen LogP contribution in [0, 0.1) is 11.8 Å². The van der Waals surface area contributed by atoms with E-state index in [0.717, 1.165) is 11.3 Å². The molecule has 0 bridgehead atoms. The van der Waals surface area contributed by atoms with E-state index in [1.165, 1.54) is 0 Å². The summed E-state index contributed by atoms with van der Waals surface area (Å²) in [6.45, 7) is 7.39. The monoisotopic (exact) mass is 333 g/mol. The third kappa shape index (κ3) is 5.80. The van der Waals surface area contributed by atoms with Crippen molar-refractivity contribution in [1.82, 2.24) is 0 Å². The lowest BCUT2D eigenvalue weighted by molar-refractivity contribution is -0.146. The second-order valence-electron chi connectivity index (χ2n) is 6.46. The van der Waals surface area contributed by atoms with Crippen LogP contribution in [0.4, 0.5) is 5.69 Å². The highest BCUT2D eigenvalue weighted by molar-refractivity contribution is 5.94. The van der Waals surface area contributed by atoms with Gasteiger partial charge in [0.05, 0.1) is 6.42 Å². The molecule has 1 rings (SSSR count). The van der Waals surface area contributed by atoms with Crippen molar-refractivity contribution in [2.45, 2.75) is 47.1 Å². The number of carbonyl (C=O) groups is 3. The first-order valence-corrected chi connectivity index (χ1v) is 8.27. The number of carbonyl (C=O) groups excluding carboxylic acids is 3. The standard InChI is InChI=1S/C19H27NO4/c1-13(2)17(21)10-11-18(22)24-12-15-8-6-7-9-16(15)20(5)19(23)14(3)4/h6-9,13-14H,10-12H2,1-5H3. The van der Waals surface area contributed by atoms with Gasteiger partial charge in [-0.05, 0) is 6.07 Å². The lowest BCUT2D eigenvalue weighted by Crippen LogP contribution is -2.31. The van der Waals surface area contributed by atoms with Gasteiger partial charge in [0.15, 0.2) is 0 Å². The van der Waals surface area contributed by atoms with Crippen LogP contribution in [0.3, 0.4) is 0 Å². The number of ketones is 1. The van der Waals surface area contributed by atoms with Crippen LogP contribution < -0.4 is 4.90 Å². The van der Waals surface area contributed by atoms with E-state index in [1.807, 2.05) is 52.0 Å². The number of amides is 1. The summed E-state index contributed by atoms with van der Waals surface area (Å²) < 4.78 is 5.26. The lowest BCUT2D eigenvalue weighted by atomic mass is 10.1. The van der Waals surface area contributed by atoms with Crippen LogP contribution in [0.2, 0.25) is 0 Å². The summed E-state index contributed by atoms with van der Waals surface area (Å²) in [5.74, 6) is -0.551. The van der Waals surface area contributed by atoms with Gasteiger partial charge < -0.3 is 9.64 Å². The number of Topliss-reactive ketones (excluding diaryl/α,β-unsaturated/α-hetero) is 1. The van der Waals surface area contributed by atoms with Gasteiger partial charge in [-0.25, -0.2) is 0 Å². The molecular formula is C19H27NO4. The van der Waals surface area contributed by atoms with Crippen molar-refractivity contribution in [1.29, 1.82) is 0 Å². The van der Waals surface area contributed by atoms with E-state index in [-0.39, 0.29) is 43.0 Å². The number of benzene rings is 1. The molecule has 0 unspecified atom stereocenters. The molecule has 1 amide bonds. The van der Waals surface area contributed by atoms with Gasteiger partial charge in [-0.1, -0.05) is 45.9 Å². The molecule has 0 aromatic heterocycles. The topological polar surface area (TPSA) is 63.7 Å². The minimum absolute atomic E-state index is 0.00342. The molecule has 0 aliphatic carbocycles. The Balaban J connectivity index is 2.67. The number of esters is 1. The first-order valence-electron chi connectivity index (χ1n) is 8.27. The Labute approximate surface area is 144 Å². The first kappa shape index (κ1) is 19.9. The number of nitrogens with zero attached hydrogens (tertiary/aromatic N) is 1. The van der Waals surface area contributed by atoms with Crippen molar-refractivity contribution >= 4 is 23.3 Å². The molecule has 0 N–H and O–H groups in total. The molecule has 0 atom stereocenters. The van der Waals surface area contributed by atoms with E-state index in [4.69, 9.17) is 4.74 Å². The molecule has 0 spiro atoms. The zero-order valence-electron chi connectivity index (χ0n) is 15.2. The second-order valence-corrected chi connectivity index (χ2v) is 6.46. The molecule has 0 aliphatic heterocycles. The molecule has 0 aliphatic rings. The second kappa shape index (κ2) is 9.21. The van der Waals surface area contributed by atoms with Crippen LogP contribution in [0.1, 0.15) is 46.1 Å². The summed E-state index contributed by atoms with van der Waals surface area (Å²) in [5, 5.41) is 0. The average molecular weight is 333 g/mol. The van der Waals surface area contributed by atoms with Crippen molar-refractivity contribution in [3.63, 3.8) is 0 Å². The molecule has 0 saturated heterocycles. The highest BCUT2D eigenvalue weighted by Crippen LogP contribution is 2.22. The Kier molecular flexibility index (Phi) is 7.62. The van der Waals surface area contributed by atoms with Crippen LogP contribution in [0.25, 0.3) is 0 Å². The summed E-state index contributed by atoms with van der Waals surface area (Å²) in [7, 11) is 1.71. The van der Waals surface area contributed by atoms with Gasteiger partial charge in [-0.3, -0.25) is 14.4 Å². The normalized spacial score (nSPS) is 10.8. The molecule has 0 heterocycles. The first-order chi connectivity index (χ1) is 11.2. The van der Waals surface area contributed by atoms with Gasteiger partial charge in [0, 0.05) is 36.6 Å². The van der Waals surface area contributed by atoms with Crippen LogP contribution in [-0.4, -0.2) is 24.7 Å². The minimum atomic E-state index is -0.406. The Morgan fingerprint density at radius 3 is 2.21 bits per heavy atom. The third-order valence-electron chi connectivity index (χ3n) is 3.79. The molecule has 0 fully saturated rings. The highest BCUT2D eigenvalue weighted by Gasteiger charge is 2.18. The van der Waals surface area contributed by atoms with Gasteiger partial charge in [-0.15, -0.1) is 0 Å². The van der Waals surface area contributed by atoms with Crippen LogP contribution >= 0.6 is 0 Å². The van der Waals surface area contributed by atoms with Crippen molar-refractivity contribution in [3.05, 3.63) is 29.8 Å². The number of anilines is 1. The van der Waals surface area contributed by atoms with E-state index in [0.29, 0.717) is 0 Å². The Hall–Kier alpha value is -2.17. The Morgan fingerprint density at radius 1 is 1.00 bits per heavy atom. The van der Waals surface area contributed by atoms with Gasteiger partial charge in [0.2, 0.25) is 5.91 Å². The van der Waals surface area contributed by atoms with E-state index in [2.05, 4.69) is 0 Å². The molecule has 1 aromatic carbocycles. The fourth-order valence-electron chi connectivity index (χ4n) is 2.21. The van der Waals surface area contributed by atoms with Crippen molar-refractivity contribution in [3.8, 4) is 0 Å². The predicted octanol–water partition coefficient (Wildman–Crippen LogP) is 3.35. The summed E-state index contributed by atoms with van der Waals surface area (Å²) in [5.41, 5.74) is 1.49. The van der Waals surface area contributed by atoms with Crippen LogP contribution in [0.15, 0.2) is 24.3 Å². The van der Waals surface area contributed by atoms with Crippen molar-refractivity contribution in [2.75, 3.05) is 11.9 Å². The van der Waals surface area contributed by atoms with Gasteiger partial charge in [-0.2, -0.15) is 0 Å². The van der Waals surface area contributed by atoms with E-state index in [1.54, 1.807) is 11.9 Å². The number of para-hydroxylation sites is 1.